The maximum absolute atomic E-state index is 5.88. The fraction of sp³-hybridized carbons (Fsp3) is 1.00. The van der Waals surface area contributed by atoms with Crippen molar-refractivity contribution >= 4 is 23.4 Å². The normalized spacial score (nSPS) is 25.5. The fourth-order valence-electron chi connectivity index (χ4n) is 0.759. The van der Waals surface area contributed by atoms with E-state index in [2.05, 4.69) is 0 Å². The Morgan fingerprint density at radius 1 is 1.17 bits per heavy atom. The number of halogens is 1. The maximum atomic E-state index is 5.88. The molecule has 35 valence electrons. The monoisotopic (exact) mass is 165 g/mol. The molecule has 0 nitrogen and oxygen atoms in total. The van der Waals surface area contributed by atoms with E-state index in [0.29, 0.717) is 0 Å². The van der Waals surface area contributed by atoms with Crippen LogP contribution >= 0.6 is 10.0 Å². The summed E-state index contributed by atoms with van der Waals surface area (Å²) in [6, 6.07) is 0. The molecule has 0 N–H and O–H groups in total. The van der Waals surface area contributed by atoms with Crippen LogP contribution in [0.3, 0.4) is 0 Å². The van der Waals surface area contributed by atoms with Crippen LogP contribution < -0.4 is 0 Å². The molecule has 1 aliphatic rings. The van der Waals surface area contributed by atoms with Gasteiger partial charge in [0.25, 0.3) is 0 Å². The van der Waals surface area contributed by atoms with Gasteiger partial charge >= 0.3 is 46.8 Å². The van der Waals surface area contributed by atoms with E-state index in [9.17, 15) is 0 Å². The second-order valence-electron chi connectivity index (χ2n) is 1.72. The van der Waals surface area contributed by atoms with Crippen molar-refractivity contribution in [2.75, 3.05) is 0 Å². The summed E-state index contributed by atoms with van der Waals surface area (Å²) in [5.41, 5.74) is 0. The molecule has 1 rings (SSSR count). The van der Waals surface area contributed by atoms with Gasteiger partial charge < -0.3 is 0 Å². The van der Waals surface area contributed by atoms with E-state index >= 15 is 0 Å². The Bertz CT molecular complexity index is 40.8. The molecule has 0 atom stereocenters. The van der Waals surface area contributed by atoms with Gasteiger partial charge in [-0.25, -0.2) is 0 Å². The predicted molar refractivity (Wildman–Crippen MR) is 30.5 cm³/mol. The van der Waals surface area contributed by atoms with Gasteiger partial charge in [-0.15, -0.1) is 0 Å². The van der Waals surface area contributed by atoms with Crippen LogP contribution in [0.4, 0.5) is 0 Å². The summed E-state index contributed by atoms with van der Waals surface area (Å²) in [6.45, 7) is 0. The van der Waals surface area contributed by atoms with Gasteiger partial charge in [0.15, 0.2) is 0 Å². The van der Waals surface area contributed by atoms with Crippen LogP contribution in [0.5, 0.6) is 0 Å². The van der Waals surface area contributed by atoms with Gasteiger partial charge in [-0.3, -0.25) is 0 Å². The summed E-state index contributed by atoms with van der Waals surface area (Å²) in [5.74, 6) is 0. The SMILES string of the molecule is [Cl][Ge]1[CH2]CC[CH2]1. The molecule has 0 bridgehead atoms. The first-order valence-electron chi connectivity index (χ1n) is 2.40. The van der Waals surface area contributed by atoms with E-state index in [1.807, 2.05) is 0 Å². The van der Waals surface area contributed by atoms with Gasteiger partial charge in [0, 0.05) is 0 Å². The average molecular weight is 164 g/mol. The van der Waals surface area contributed by atoms with E-state index < -0.39 is 13.4 Å². The van der Waals surface area contributed by atoms with Crippen LogP contribution in [0, 0.1) is 0 Å². The molecule has 0 aliphatic carbocycles. The molecule has 1 aliphatic heterocycles. The molecule has 0 unspecified atom stereocenters. The molecule has 1 radical (unpaired) electrons. The summed E-state index contributed by atoms with van der Waals surface area (Å²) >= 11 is -0.796. The quantitative estimate of drug-likeness (QED) is 0.480. The molecule has 2 heteroatoms. The van der Waals surface area contributed by atoms with Crippen molar-refractivity contribution in [1.82, 2.24) is 0 Å². The van der Waals surface area contributed by atoms with E-state index in [1.54, 1.807) is 0 Å². The van der Waals surface area contributed by atoms with Crippen molar-refractivity contribution in [1.29, 1.82) is 0 Å². The van der Waals surface area contributed by atoms with E-state index in [1.165, 1.54) is 23.3 Å². The van der Waals surface area contributed by atoms with Gasteiger partial charge in [0.2, 0.25) is 0 Å². The van der Waals surface area contributed by atoms with Gasteiger partial charge in [0.05, 0.1) is 0 Å². The molecule has 0 aromatic carbocycles. The fourth-order valence-corrected chi connectivity index (χ4v) is 5.33. The first-order valence-corrected chi connectivity index (χ1v) is 8.12. The van der Waals surface area contributed by atoms with Crippen molar-refractivity contribution in [3.63, 3.8) is 0 Å². The van der Waals surface area contributed by atoms with Crippen molar-refractivity contribution in [2.45, 2.75) is 23.3 Å². The standard InChI is InChI=1S/C4H8ClGe/c5-6-3-1-2-4-6/h1-4H2. The molecule has 0 amide bonds. The summed E-state index contributed by atoms with van der Waals surface area (Å²) < 4.78 is 0. The van der Waals surface area contributed by atoms with E-state index in [-0.39, 0.29) is 0 Å². The minimum absolute atomic E-state index is 0.796. The van der Waals surface area contributed by atoms with Gasteiger partial charge in [-0.2, -0.15) is 0 Å². The third-order valence-corrected chi connectivity index (χ3v) is 6.87. The van der Waals surface area contributed by atoms with Crippen molar-refractivity contribution in [3.05, 3.63) is 0 Å². The molecular formula is C4H8ClGe. The topological polar surface area (TPSA) is 0 Å². The van der Waals surface area contributed by atoms with E-state index in [0.717, 1.165) is 0 Å². The van der Waals surface area contributed by atoms with Crippen LogP contribution in [0.25, 0.3) is 0 Å². The zero-order valence-corrected chi connectivity index (χ0v) is 6.56. The zero-order valence-electron chi connectivity index (χ0n) is 3.71. The van der Waals surface area contributed by atoms with E-state index in [4.69, 9.17) is 10.0 Å². The van der Waals surface area contributed by atoms with Crippen molar-refractivity contribution in [3.8, 4) is 0 Å². The second-order valence-corrected chi connectivity index (χ2v) is 8.77. The van der Waals surface area contributed by atoms with Crippen LogP contribution in [-0.4, -0.2) is 13.4 Å². The molecule has 1 fully saturated rings. The third-order valence-electron chi connectivity index (χ3n) is 1.15. The predicted octanol–water partition coefficient (Wildman–Crippen LogP) is 2.01. The Balaban J connectivity index is 2.18. The second kappa shape index (κ2) is 2.22. The minimum atomic E-state index is -0.796. The Labute approximate surface area is 47.2 Å². The molecule has 0 aromatic heterocycles. The zero-order chi connectivity index (χ0) is 4.41. The summed E-state index contributed by atoms with van der Waals surface area (Å²) in [5, 5.41) is 2.84. The van der Waals surface area contributed by atoms with Crippen LogP contribution in [0.15, 0.2) is 0 Å². The van der Waals surface area contributed by atoms with Crippen molar-refractivity contribution < 1.29 is 0 Å². The van der Waals surface area contributed by atoms with Gasteiger partial charge in [-0.05, 0) is 0 Å². The van der Waals surface area contributed by atoms with Crippen LogP contribution in [0.2, 0.25) is 10.5 Å². The summed E-state index contributed by atoms with van der Waals surface area (Å²) in [4.78, 5) is 0. The molecule has 1 saturated heterocycles. The molecule has 0 saturated carbocycles. The first kappa shape index (κ1) is 4.98. The van der Waals surface area contributed by atoms with Crippen molar-refractivity contribution in [2.24, 2.45) is 0 Å². The first-order chi connectivity index (χ1) is 2.89. The third kappa shape index (κ3) is 1.16. The average Bonchev–Trinajstić information content (AvgIpc) is 1.86. The summed E-state index contributed by atoms with van der Waals surface area (Å²) in [6.07, 6.45) is 2.86. The Morgan fingerprint density at radius 3 is 1.83 bits per heavy atom. The Morgan fingerprint density at radius 2 is 1.67 bits per heavy atom. The number of hydrogen-bond acceptors (Lipinski definition) is 0. The summed E-state index contributed by atoms with van der Waals surface area (Å²) in [7, 11) is 5.88. The molecular weight excluding hydrogens is 156 g/mol. The number of rotatable bonds is 0. The molecule has 0 aromatic rings. The Kier molecular flexibility index (Phi) is 1.84. The van der Waals surface area contributed by atoms with Gasteiger partial charge in [-0.1, -0.05) is 0 Å². The molecule has 1 heterocycles. The molecule has 6 heavy (non-hydrogen) atoms. The van der Waals surface area contributed by atoms with Crippen LogP contribution in [-0.2, 0) is 0 Å². The van der Waals surface area contributed by atoms with Gasteiger partial charge in [0.1, 0.15) is 0 Å². The molecule has 0 spiro atoms. The Hall–Kier alpha value is 0.833. The van der Waals surface area contributed by atoms with Crippen LogP contribution in [0.1, 0.15) is 12.8 Å². The number of hydrogen-bond donors (Lipinski definition) is 0.